The molecule has 1 fully saturated rings. The number of ether oxygens (including phenoxy) is 1. The molecule has 0 spiro atoms. The van der Waals surface area contributed by atoms with E-state index in [4.69, 9.17) is 16.3 Å². The van der Waals surface area contributed by atoms with Crippen LogP contribution >= 0.6 is 24.0 Å². The van der Waals surface area contributed by atoms with Crippen molar-refractivity contribution in [2.75, 3.05) is 19.7 Å². The molecular weight excluding hydrogens is 237 g/mol. The van der Waals surface area contributed by atoms with Crippen molar-refractivity contribution in [2.24, 2.45) is 0 Å². The Hall–Kier alpha value is -0.480. The van der Waals surface area contributed by atoms with Crippen molar-refractivity contribution in [3.05, 3.63) is 28.8 Å². The van der Waals surface area contributed by atoms with Crippen LogP contribution in [0.2, 0.25) is 5.02 Å². The van der Waals surface area contributed by atoms with Gasteiger partial charge in [-0.1, -0.05) is 17.7 Å². The van der Waals surface area contributed by atoms with E-state index in [1.807, 2.05) is 6.07 Å². The van der Waals surface area contributed by atoms with Crippen LogP contribution < -0.4 is 5.32 Å². The summed E-state index contributed by atoms with van der Waals surface area (Å²) >= 11 is 5.81. The molecular formula is C10H13Cl2NO2. The number of morpholine rings is 1. The fourth-order valence-electron chi connectivity index (χ4n) is 1.50. The zero-order valence-electron chi connectivity index (χ0n) is 8.07. The number of phenolic OH excluding ortho intramolecular Hbond substituents is 1. The average Bonchev–Trinajstić information content (AvgIpc) is 2.23. The molecule has 0 aromatic heterocycles. The molecule has 1 atom stereocenters. The predicted octanol–water partition coefficient (Wildman–Crippen LogP) is 2.13. The highest BCUT2D eigenvalue weighted by Crippen LogP contribution is 2.28. The average molecular weight is 250 g/mol. The second-order valence-corrected chi connectivity index (χ2v) is 3.68. The van der Waals surface area contributed by atoms with Gasteiger partial charge in [-0.25, -0.2) is 0 Å². The van der Waals surface area contributed by atoms with E-state index in [1.54, 1.807) is 12.1 Å². The number of rotatable bonds is 1. The Morgan fingerprint density at radius 2 is 2.27 bits per heavy atom. The number of hydrogen-bond donors (Lipinski definition) is 2. The van der Waals surface area contributed by atoms with Crippen LogP contribution in [0.1, 0.15) is 11.7 Å². The number of halogens is 2. The molecule has 2 N–H and O–H groups in total. The van der Waals surface area contributed by atoms with Crippen LogP contribution in [0.3, 0.4) is 0 Å². The summed E-state index contributed by atoms with van der Waals surface area (Å²) in [6.45, 7) is 2.40. The van der Waals surface area contributed by atoms with E-state index in [-0.39, 0.29) is 24.3 Å². The quantitative estimate of drug-likeness (QED) is 0.802. The molecule has 5 heteroatoms. The molecule has 1 aliphatic rings. The van der Waals surface area contributed by atoms with Gasteiger partial charge in [0, 0.05) is 13.1 Å². The van der Waals surface area contributed by atoms with Crippen molar-refractivity contribution in [3.63, 3.8) is 0 Å². The lowest BCUT2D eigenvalue weighted by atomic mass is 10.1. The Morgan fingerprint density at radius 3 is 2.87 bits per heavy atom. The van der Waals surface area contributed by atoms with Gasteiger partial charge in [0.2, 0.25) is 0 Å². The summed E-state index contributed by atoms with van der Waals surface area (Å²) in [7, 11) is 0. The Balaban J connectivity index is 0.00000112. The van der Waals surface area contributed by atoms with Gasteiger partial charge >= 0.3 is 0 Å². The molecule has 0 bridgehead atoms. The van der Waals surface area contributed by atoms with E-state index in [1.165, 1.54) is 0 Å². The first-order valence-electron chi connectivity index (χ1n) is 4.58. The van der Waals surface area contributed by atoms with E-state index < -0.39 is 0 Å². The first-order chi connectivity index (χ1) is 6.77. The van der Waals surface area contributed by atoms with Gasteiger partial charge in [-0.15, -0.1) is 12.4 Å². The summed E-state index contributed by atoms with van der Waals surface area (Å²) in [5, 5.41) is 12.9. The summed E-state index contributed by atoms with van der Waals surface area (Å²) in [5.41, 5.74) is 1.00. The molecule has 0 saturated carbocycles. The molecule has 0 radical (unpaired) electrons. The molecule has 1 unspecified atom stereocenters. The van der Waals surface area contributed by atoms with Crippen molar-refractivity contribution in [1.82, 2.24) is 5.32 Å². The van der Waals surface area contributed by atoms with Crippen molar-refractivity contribution in [1.29, 1.82) is 0 Å². The van der Waals surface area contributed by atoms with Gasteiger partial charge in [0.15, 0.2) is 0 Å². The molecule has 0 amide bonds. The predicted molar refractivity (Wildman–Crippen MR) is 61.9 cm³/mol. The fourth-order valence-corrected chi connectivity index (χ4v) is 1.69. The standard InChI is InChI=1S/C10H12ClNO2.ClH/c11-8-5-7(1-2-9(8)13)10-6-12-3-4-14-10;/h1-2,5,10,12-13H,3-4,6H2;1H. The van der Waals surface area contributed by atoms with E-state index in [0.717, 1.165) is 18.7 Å². The van der Waals surface area contributed by atoms with Crippen LogP contribution in [-0.4, -0.2) is 24.8 Å². The van der Waals surface area contributed by atoms with Crippen LogP contribution in [0.5, 0.6) is 5.75 Å². The van der Waals surface area contributed by atoms with Gasteiger partial charge < -0.3 is 15.2 Å². The monoisotopic (exact) mass is 249 g/mol. The smallest absolute Gasteiger partial charge is 0.134 e. The molecule has 1 saturated heterocycles. The molecule has 15 heavy (non-hydrogen) atoms. The lowest BCUT2D eigenvalue weighted by Gasteiger charge is -2.24. The Kier molecular flexibility index (Phi) is 4.67. The van der Waals surface area contributed by atoms with Gasteiger partial charge in [-0.3, -0.25) is 0 Å². The fraction of sp³-hybridized carbons (Fsp3) is 0.400. The number of aromatic hydroxyl groups is 1. The molecule has 1 aliphatic heterocycles. The Labute approximate surface area is 99.8 Å². The minimum Gasteiger partial charge on any atom is -0.506 e. The molecule has 1 aromatic rings. The van der Waals surface area contributed by atoms with Gasteiger partial charge in [-0.05, 0) is 17.7 Å². The largest absolute Gasteiger partial charge is 0.506 e. The molecule has 1 aromatic carbocycles. The van der Waals surface area contributed by atoms with Crippen molar-refractivity contribution >= 4 is 24.0 Å². The topological polar surface area (TPSA) is 41.5 Å². The van der Waals surface area contributed by atoms with Gasteiger partial charge in [0.25, 0.3) is 0 Å². The minimum atomic E-state index is 0. The summed E-state index contributed by atoms with van der Waals surface area (Å²) in [6.07, 6.45) is 0.0434. The van der Waals surface area contributed by atoms with E-state index in [9.17, 15) is 5.11 Å². The SMILES string of the molecule is Cl.Oc1ccc(C2CNCCO2)cc1Cl. The normalized spacial score (nSPS) is 20.7. The molecule has 2 rings (SSSR count). The first kappa shape index (κ1) is 12.6. The Morgan fingerprint density at radius 1 is 1.47 bits per heavy atom. The zero-order valence-corrected chi connectivity index (χ0v) is 9.64. The van der Waals surface area contributed by atoms with Crippen LogP contribution in [0.25, 0.3) is 0 Å². The van der Waals surface area contributed by atoms with E-state index in [0.29, 0.717) is 11.6 Å². The molecule has 3 nitrogen and oxygen atoms in total. The summed E-state index contributed by atoms with van der Waals surface area (Å²) in [5.74, 6) is 0.110. The number of phenols is 1. The summed E-state index contributed by atoms with van der Waals surface area (Å²) < 4.78 is 5.56. The second-order valence-electron chi connectivity index (χ2n) is 3.27. The highest BCUT2D eigenvalue weighted by Gasteiger charge is 2.16. The highest BCUT2D eigenvalue weighted by atomic mass is 35.5. The van der Waals surface area contributed by atoms with Crippen molar-refractivity contribution in [3.8, 4) is 5.75 Å². The highest BCUT2D eigenvalue weighted by molar-refractivity contribution is 6.32. The summed E-state index contributed by atoms with van der Waals surface area (Å²) in [6, 6.07) is 5.17. The third-order valence-corrected chi connectivity index (χ3v) is 2.57. The maximum absolute atomic E-state index is 9.25. The molecule has 0 aliphatic carbocycles. The van der Waals surface area contributed by atoms with Crippen molar-refractivity contribution in [2.45, 2.75) is 6.10 Å². The van der Waals surface area contributed by atoms with E-state index >= 15 is 0 Å². The van der Waals surface area contributed by atoms with E-state index in [2.05, 4.69) is 5.32 Å². The second kappa shape index (κ2) is 5.56. The number of hydrogen-bond acceptors (Lipinski definition) is 3. The number of benzene rings is 1. The van der Waals surface area contributed by atoms with Gasteiger partial charge in [-0.2, -0.15) is 0 Å². The maximum Gasteiger partial charge on any atom is 0.134 e. The lowest BCUT2D eigenvalue weighted by molar-refractivity contribution is 0.0277. The van der Waals surface area contributed by atoms with Crippen LogP contribution in [0, 0.1) is 0 Å². The van der Waals surface area contributed by atoms with Gasteiger partial charge in [0.1, 0.15) is 5.75 Å². The molecule has 1 heterocycles. The zero-order chi connectivity index (χ0) is 9.97. The van der Waals surface area contributed by atoms with Crippen molar-refractivity contribution < 1.29 is 9.84 Å². The lowest BCUT2D eigenvalue weighted by Crippen LogP contribution is -2.33. The summed E-state index contributed by atoms with van der Waals surface area (Å²) in [4.78, 5) is 0. The first-order valence-corrected chi connectivity index (χ1v) is 4.96. The van der Waals surface area contributed by atoms with Crippen LogP contribution in [0.4, 0.5) is 0 Å². The number of nitrogens with one attached hydrogen (secondary N) is 1. The third-order valence-electron chi connectivity index (χ3n) is 2.27. The van der Waals surface area contributed by atoms with Gasteiger partial charge in [0.05, 0.1) is 17.7 Å². The molecule has 84 valence electrons. The van der Waals surface area contributed by atoms with Crippen LogP contribution in [0.15, 0.2) is 18.2 Å². The van der Waals surface area contributed by atoms with Crippen LogP contribution in [-0.2, 0) is 4.74 Å². The minimum absolute atomic E-state index is 0. The Bertz CT molecular complexity index is 327. The third kappa shape index (κ3) is 2.98. The maximum atomic E-state index is 9.25.